The van der Waals surface area contributed by atoms with Gasteiger partial charge in [-0.1, -0.05) is 12.1 Å². The highest BCUT2D eigenvalue weighted by atomic mass is 16.5. The van der Waals surface area contributed by atoms with E-state index in [4.69, 9.17) is 9.72 Å². The first kappa shape index (κ1) is 14.2. The molecule has 2 aromatic rings. The van der Waals surface area contributed by atoms with Crippen molar-refractivity contribution in [2.45, 2.75) is 38.1 Å². The van der Waals surface area contributed by atoms with Gasteiger partial charge >= 0.3 is 0 Å². The standard InChI is InChI=1S/C19H24N2O/c1-2-8-21(7-1)14-19-12-17-4-3-16(11-18(17)13-20-19)15-5-9-22-10-6-15/h3-4,11-13,15H,1-2,5-10,14H2. The fourth-order valence-corrected chi connectivity index (χ4v) is 3.75. The maximum absolute atomic E-state index is 5.47. The summed E-state index contributed by atoms with van der Waals surface area (Å²) in [6.45, 7) is 5.24. The molecule has 116 valence electrons. The molecule has 2 aliphatic rings. The van der Waals surface area contributed by atoms with Crippen molar-refractivity contribution in [3.05, 3.63) is 41.7 Å². The van der Waals surface area contributed by atoms with E-state index in [1.165, 1.54) is 48.0 Å². The lowest BCUT2D eigenvalue weighted by molar-refractivity contribution is 0.0853. The van der Waals surface area contributed by atoms with Crippen molar-refractivity contribution >= 4 is 10.8 Å². The Bertz CT molecular complexity index is 643. The molecule has 22 heavy (non-hydrogen) atoms. The zero-order chi connectivity index (χ0) is 14.8. The van der Waals surface area contributed by atoms with Crippen molar-refractivity contribution in [3.8, 4) is 0 Å². The number of pyridine rings is 1. The highest BCUT2D eigenvalue weighted by molar-refractivity contribution is 5.82. The fraction of sp³-hybridized carbons (Fsp3) is 0.526. The number of nitrogens with zero attached hydrogens (tertiary/aromatic N) is 2. The second kappa shape index (κ2) is 6.35. The van der Waals surface area contributed by atoms with Crippen LogP contribution in [0.4, 0.5) is 0 Å². The lowest BCUT2D eigenvalue weighted by atomic mass is 9.90. The molecule has 0 radical (unpaired) electrons. The van der Waals surface area contributed by atoms with Gasteiger partial charge in [0.2, 0.25) is 0 Å². The molecule has 0 unspecified atom stereocenters. The Hall–Kier alpha value is -1.45. The number of rotatable bonds is 3. The molecule has 0 atom stereocenters. The van der Waals surface area contributed by atoms with Crippen LogP contribution >= 0.6 is 0 Å². The fourth-order valence-electron chi connectivity index (χ4n) is 3.75. The molecule has 3 heteroatoms. The van der Waals surface area contributed by atoms with Crippen molar-refractivity contribution in [2.24, 2.45) is 0 Å². The van der Waals surface area contributed by atoms with E-state index in [9.17, 15) is 0 Å². The molecule has 1 aromatic heterocycles. The van der Waals surface area contributed by atoms with Crippen LogP contribution in [0.5, 0.6) is 0 Å². The second-order valence-electron chi connectivity index (χ2n) is 6.65. The summed E-state index contributed by atoms with van der Waals surface area (Å²) >= 11 is 0. The summed E-state index contributed by atoms with van der Waals surface area (Å²) in [6.07, 6.45) is 7.02. The maximum atomic E-state index is 5.47. The minimum absolute atomic E-state index is 0.655. The highest BCUT2D eigenvalue weighted by Crippen LogP contribution is 2.29. The van der Waals surface area contributed by atoms with Crippen LogP contribution in [0.1, 0.15) is 42.9 Å². The number of aromatic nitrogens is 1. The van der Waals surface area contributed by atoms with Crippen molar-refractivity contribution in [1.82, 2.24) is 9.88 Å². The number of fused-ring (bicyclic) bond motifs is 1. The molecule has 3 nitrogen and oxygen atoms in total. The molecule has 2 fully saturated rings. The quantitative estimate of drug-likeness (QED) is 0.863. The average molecular weight is 296 g/mol. The number of hydrogen-bond donors (Lipinski definition) is 0. The van der Waals surface area contributed by atoms with Crippen LogP contribution in [0.15, 0.2) is 30.5 Å². The van der Waals surface area contributed by atoms with E-state index in [1.54, 1.807) is 0 Å². The first-order valence-electron chi connectivity index (χ1n) is 8.57. The van der Waals surface area contributed by atoms with Crippen LogP contribution in [0.3, 0.4) is 0 Å². The zero-order valence-electron chi connectivity index (χ0n) is 13.1. The van der Waals surface area contributed by atoms with E-state index in [0.717, 1.165) is 32.6 Å². The van der Waals surface area contributed by atoms with Gasteiger partial charge in [0.15, 0.2) is 0 Å². The lowest BCUT2D eigenvalue weighted by Gasteiger charge is -2.22. The first-order chi connectivity index (χ1) is 10.9. The predicted octanol–water partition coefficient (Wildman–Crippen LogP) is 3.72. The molecule has 2 saturated heterocycles. The Balaban J connectivity index is 1.55. The van der Waals surface area contributed by atoms with Crippen LogP contribution in [0.25, 0.3) is 10.8 Å². The van der Waals surface area contributed by atoms with E-state index in [-0.39, 0.29) is 0 Å². The zero-order valence-corrected chi connectivity index (χ0v) is 13.1. The van der Waals surface area contributed by atoms with Gasteiger partial charge in [0.05, 0.1) is 5.69 Å². The SMILES string of the molecule is c1cc2cc(CN3CCCC3)ncc2cc1C1CCOCC1. The summed E-state index contributed by atoms with van der Waals surface area (Å²) in [5, 5.41) is 2.59. The summed E-state index contributed by atoms with van der Waals surface area (Å²) in [4.78, 5) is 7.19. The molecule has 4 rings (SSSR count). The maximum Gasteiger partial charge on any atom is 0.0550 e. The van der Waals surface area contributed by atoms with E-state index >= 15 is 0 Å². The number of benzene rings is 1. The van der Waals surface area contributed by atoms with Crippen molar-refractivity contribution < 1.29 is 4.74 Å². The number of ether oxygens (including phenoxy) is 1. The normalized spacial score (nSPS) is 20.7. The summed E-state index contributed by atoms with van der Waals surface area (Å²) < 4.78 is 5.47. The van der Waals surface area contributed by atoms with Gasteiger partial charge in [0, 0.05) is 31.3 Å². The summed E-state index contributed by atoms with van der Waals surface area (Å²) in [5.41, 5.74) is 2.65. The van der Waals surface area contributed by atoms with Gasteiger partial charge in [-0.3, -0.25) is 9.88 Å². The third kappa shape index (κ3) is 3.01. The van der Waals surface area contributed by atoms with Gasteiger partial charge in [-0.05, 0) is 67.8 Å². The summed E-state index contributed by atoms with van der Waals surface area (Å²) in [6, 6.07) is 9.17. The topological polar surface area (TPSA) is 25.4 Å². The van der Waals surface area contributed by atoms with Crippen LogP contribution in [0, 0.1) is 0 Å². The van der Waals surface area contributed by atoms with Gasteiger partial charge in [0.1, 0.15) is 0 Å². The van der Waals surface area contributed by atoms with Crippen molar-refractivity contribution in [2.75, 3.05) is 26.3 Å². The average Bonchev–Trinajstić information content (AvgIpc) is 3.08. The van der Waals surface area contributed by atoms with Gasteiger partial charge in [-0.15, -0.1) is 0 Å². The first-order valence-corrected chi connectivity index (χ1v) is 8.57. The van der Waals surface area contributed by atoms with Crippen molar-refractivity contribution in [1.29, 1.82) is 0 Å². The van der Waals surface area contributed by atoms with Gasteiger partial charge < -0.3 is 4.74 Å². The summed E-state index contributed by atoms with van der Waals surface area (Å²) in [7, 11) is 0. The van der Waals surface area contributed by atoms with Gasteiger partial charge in [-0.25, -0.2) is 0 Å². The predicted molar refractivity (Wildman–Crippen MR) is 89.0 cm³/mol. The smallest absolute Gasteiger partial charge is 0.0550 e. The van der Waals surface area contributed by atoms with E-state index < -0.39 is 0 Å². The van der Waals surface area contributed by atoms with Crippen LogP contribution in [-0.2, 0) is 11.3 Å². The van der Waals surface area contributed by atoms with Gasteiger partial charge in [-0.2, -0.15) is 0 Å². The Morgan fingerprint density at radius 1 is 1.05 bits per heavy atom. The number of hydrogen-bond acceptors (Lipinski definition) is 3. The van der Waals surface area contributed by atoms with E-state index in [1.807, 2.05) is 0 Å². The van der Waals surface area contributed by atoms with Crippen LogP contribution in [-0.4, -0.2) is 36.2 Å². The van der Waals surface area contributed by atoms with E-state index in [0.29, 0.717) is 5.92 Å². The molecule has 0 bridgehead atoms. The van der Waals surface area contributed by atoms with Crippen LogP contribution < -0.4 is 0 Å². The summed E-state index contributed by atoms with van der Waals surface area (Å²) in [5.74, 6) is 0.655. The molecule has 0 aliphatic carbocycles. The third-order valence-electron chi connectivity index (χ3n) is 5.08. The molecule has 0 saturated carbocycles. The Morgan fingerprint density at radius 3 is 2.68 bits per heavy atom. The second-order valence-corrected chi connectivity index (χ2v) is 6.65. The minimum Gasteiger partial charge on any atom is -0.381 e. The Labute approximate surface area is 132 Å². The molecule has 0 amide bonds. The van der Waals surface area contributed by atoms with Crippen molar-refractivity contribution in [3.63, 3.8) is 0 Å². The molecule has 3 heterocycles. The molecule has 1 aromatic carbocycles. The molecular weight excluding hydrogens is 272 g/mol. The molecule has 0 spiro atoms. The molecule has 2 aliphatic heterocycles. The highest BCUT2D eigenvalue weighted by Gasteiger charge is 2.16. The largest absolute Gasteiger partial charge is 0.381 e. The minimum atomic E-state index is 0.655. The third-order valence-corrected chi connectivity index (χ3v) is 5.08. The number of likely N-dealkylation sites (tertiary alicyclic amines) is 1. The van der Waals surface area contributed by atoms with Gasteiger partial charge in [0.25, 0.3) is 0 Å². The Kier molecular flexibility index (Phi) is 4.09. The Morgan fingerprint density at radius 2 is 1.86 bits per heavy atom. The van der Waals surface area contributed by atoms with Crippen LogP contribution in [0.2, 0.25) is 0 Å². The molecular formula is C19H24N2O. The lowest BCUT2D eigenvalue weighted by Crippen LogP contribution is -2.19. The molecule has 0 N–H and O–H groups in total. The van der Waals surface area contributed by atoms with E-state index in [2.05, 4.69) is 35.4 Å². The monoisotopic (exact) mass is 296 g/mol.